The average Bonchev–Trinajstić information content (AvgIpc) is 3.34. The van der Waals surface area contributed by atoms with Gasteiger partial charge in [0.2, 0.25) is 0 Å². The molecule has 1 aromatic rings. The van der Waals surface area contributed by atoms with Crippen molar-refractivity contribution in [3.8, 4) is 5.75 Å². The molecule has 26 heavy (non-hydrogen) atoms. The summed E-state index contributed by atoms with van der Waals surface area (Å²) in [4.78, 5) is 1.09. The number of rotatable bonds is 4. The normalized spacial score (nSPS) is 34.2. The van der Waals surface area contributed by atoms with Crippen LogP contribution in [0.25, 0.3) is 11.8 Å². The largest absolute Gasteiger partial charge is 0.493 e. The predicted octanol–water partition coefficient (Wildman–Crippen LogP) is 4.06. The first-order valence-corrected chi connectivity index (χ1v) is 12.1. The van der Waals surface area contributed by atoms with Gasteiger partial charge in [-0.1, -0.05) is 18.4 Å². The van der Waals surface area contributed by atoms with Crippen molar-refractivity contribution in [3.63, 3.8) is 0 Å². The van der Waals surface area contributed by atoms with E-state index >= 15 is 0 Å². The van der Waals surface area contributed by atoms with Crippen LogP contribution in [0, 0.1) is 23.7 Å². The second kappa shape index (κ2) is 6.36. The number of fused-ring (bicyclic) bond motifs is 3. The fourth-order valence-electron chi connectivity index (χ4n) is 5.79. The van der Waals surface area contributed by atoms with Crippen LogP contribution in [0.4, 0.5) is 0 Å². The molecule has 3 fully saturated rings. The minimum Gasteiger partial charge on any atom is -0.493 e. The summed E-state index contributed by atoms with van der Waals surface area (Å²) in [6.07, 6.45) is 10.4. The van der Waals surface area contributed by atoms with Gasteiger partial charge in [-0.25, -0.2) is 0 Å². The molecule has 2 nitrogen and oxygen atoms in total. The lowest BCUT2D eigenvalue weighted by molar-refractivity contribution is 0.189. The summed E-state index contributed by atoms with van der Waals surface area (Å²) in [5.74, 6) is 6.17. The molecule has 3 heteroatoms. The number of ether oxygens (including phenoxy) is 1. The molecule has 2 bridgehead atoms. The van der Waals surface area contributed by atoms with Crippen molar-refractivity contribution in [2.45, 2.75) is 43.9 Å². The van der Waals surface area contributed by atoms with E-state index in [1.807, 2.05) is 6.08 Å². The van der Waals surface area contributed by atoms with Gasteiger partial charge in [0.15, 0.2) is 0 Å². The zero-order valence-corrected chi connectivity index (χ0v) is 16.4. The Labute approximate surface area is 157 Å². The van der Waals surface area contributed by atoms with Crippen LogP contribution in [0.5, 0.6) is 5.75 Å². The van der Waals surface area contributed by atoms with E-state index < -0.39 is 10.3 Å². The van der Waals surface area contributed by atoms with E-state index in [-0.39, 0.29) is 0 Å². The molecule has 0 aromatic heterocycles. The molecule has 138 valence electrons. The van der Waals surface area contributed by atoms with Gasteiger partial charge in [0.05, 0.1) is 6.61 Å². The standard InChI is InChI=1S/C23H28O2S/c1-16-17-8-9-19(16)18(14-17)15-25-22-10-11-23(26(24)12-4-5-13-26)21-7-3-2-6-20(21)22/h2,6,10-11,16-19,24H,4-5,8-9,12-15H2,1H3. The summed E-state index contributed by atoms with van der Waals surface area (Å²) < 4.78 is 17.5. The first-order valence-electron chi connectivity index (χ1n) is 10.1. The maximum absolute atomic E-state index is 11.2. The van der Waals surface area contributed by atoms with E-state index in [0.29, 0.717) is 5.92 Å². The predicted molar refractivity (Wildman–Crippen MR) is 108 cm³/mol. The SMILES string of the molecule is CC1C2CCC1C(COc1ccc(S3(O)CCCC3)c3c1=CC=C=C=3)C2. The van der Waals surface area contributed by atoms with Crippen molar-refractivity contribution in [1.29, 1.82) is 0 Å². The van der Waals surface area contributed by atoms with Gasteiger partial charge in [-0.15, -0.1) is 10.3 Å². The highest BCUT2D eigenvalue weighted by Crippen LogP contribution is 2.55. The van der Waals surface area contributed by atoms with Crippen molar-refractivity contribution >= 4 is 22.1 Å². The van der Waals surface area contributed by atoms with Crippen LogP contribution in [0.1, 0.15) is 39.0 Å². The molecule has 4 aliphatic rings. The third kappa shape index (κ3) is 2.62. The lowest BCUT2D eigenvalue weighted by atomic mass is 9.89. The van der Waals surface area contributed by atoms with E-state index in [9.17, 15) is 4.55 Å². The fourth-order valence-corrected chi connectivity index (χ4v) is 8.66. The van der Waals surface area contributed by atoms with Crippen molar-refractivity contribution in [3.05, 3.63) is 34.4 Å². The quantitative estimate of drug-likeness (QED) is 0.812. The van der Waals surface area contributed by atoms with Crippen LogP contribution in [-0.2, 0) is 0 Å². The Hall–Kier alpha value is -1.37. The van der Waals surface area contributed by atoms with Gasteiger partial charge < -0.3 is 9.29 Å². The Bertz CT molecular complexity index is 914. The van der Waals surface area contributed by atoms with E-state index in [4.69, 9.17) is 4.74 Å². The maximum atomic E-state index is 11.2. The summed E-state index contributed by atoms with van der Waals surface area (Å²) in [7, 11) is -1.68. The lowest BCUT2D eigenvalue weighted by Gasteiger charge is -2.29. The van der Waals surface area contributed by atoms with Gasteiger partial charge in [-0.05, 0) is 80.1 Å². The van der Waals surface area contributed by atoms with Crippen LogP contribution >= 0.6 is 10.3 Å². The molecule has 2 saturated carbocycles. The fraction of sp³-hybridized carbons (Fsp3) is 0.565. The van der Waals surface area contributed by atoms with Gasteiger partial charge in [0.25, 0.3) is 0 Å². The molecular formula is C23H28O2S. The van der Waals surface area contributed by atoms with Crippen LogP contribution in [0.15, 0.2) is 28.8 Å². The zero-order chi connectivity index (χ0) is 17.7. The molecule has 0 amide bonds. The molecule has 3 aliphatic carbocycles. The molecule has 1 aliphatic heterocycles. The van der Waals surface area contributed by atoms with E-state index in [1.165, 1.54) is 19.3 Å². The van der Waals surface area contributed by atoms with Gasteiger partial charge in [-0.3, -0.25) is 0 Å². The summed E-state index contributed by atoms with van der Waals surface area (Å²) in [5, 5.41) is 2.11. The van der Waals surface area contributed by atoms with Crippen LogP contribution in [-0.4, -0.2) is 22.7 Å². The Balaban J connectivity index is 1.44. The number of benzene rings is 1. The lowest BCUT2D eigenvalue weighted by Crippen LogP contribution is -2.32. The summed E-state index contributed by atoms with van der Waals surface area (Å²) in [5.41, 5.74) is 6.37. The molecule has 5 rings (SSSR count). The topological polar surface area (TPSA) is 29.5 Å². The molecule has 1 heterocycles. The number of allylic oxidation sites excluding steroid dienone is 1. The molecule has 1 aromatic carbocycles. The number of hydrogen-bond donors (Lipinski definition) is 1. The highest BCUT2D eigenvalue weighted by molar-refractivity contribution is 8.29. The second-order valence-electron chi connectivity index (χ2n) is 8.58. The highest BCUT2D eigenvalue weighted by atomic mass is 32.3. The zero-order valence-electron chi connectivity index (χ0n) is 15.5. The van der Waals surface area contributed by atoms with E-state index in [2.05, 4.69) is 36.6 Å². The van der Waals surface area contributed by atoms with Crippen LogP contribution < -0.4 is 15.2 Å². The summed E-state index contributed by atoms with van der Waals surface area (Å²) in [6.45, 7) is 3.26. The first-order chi connectivity index (χ1) is 12.7. The smallest absolute Gasteiger partial charge is 0.127 e. The number of hydrogen-bond acceptors (Lipinski definition) is 2. The second-order valence-corrected chi connectivity index (χ2v) is 11.5. The molecular weight excluding hydrogens is 340 g/mol. The van der Waals surface area contributed by atoms with Crippen molar-refractivity contribution < 1.29 is 9.29 Å². The molecule has 1 saturated heterocycles. The van der Waals surface area contributed by atoms with Crippen molar-refractivity contribution in [2.75, 3.05) is 18.1 Å². The van der Waals surface area contributed by atoms with Gasteiger partial charge in [0, 0.05) is 26.8 Å². The maximum Gasteiger partial charge on any atom is 0.127 e. The Morgan fingerprint density at radius 2 is 2.08 bits per heavy atom. The van der Waals surface area contributed by atoms with Crippen molar-refractivity contribution in [2.24, 2.45) is 23.7 Å². The monoisotopic (exact) mass is 368 g/mol. The van der Waals surface area contributed by atoms with Gasteiger partial charge in [-0.2, -0.15) is 0 Å². The minimum absolute atomic E-state index is 0.711. The van der Waals surface area contributed by atoms with E-state index in [0.717, 1.165) is 69.8 Å². The third-order valence-electron chi connectivity index (χ3n) is 7.27. The molecule has 0 radical (unpaired) electrons. The Kier molecular flexibility index (Phi) is 4.10. The van der Waals surface area contributed by atoms with Crippen LogP contribution in [0.3, 0.4) is 0 Å². The van der Waals surface area contributed by atoms with Crippen LogP contribution in [0.2, 0.25) is 0 Å². The highest BCUT2D eigenvalue weighted by Gasteiger charge is 2.45. The molecule has 4 unspecified atom stereocenters. The molecule has 0 spiro atoms. The summed E-state index contributed by atoms with van der Waals surface area (Å²) >= 11 is 0. The third-order valence-corrected chi connectivity index (χ3v) is 10.4. The molecule has 1 N–H and O–H groups in total. The average molecular weight is 369 g/mol. The minimum atomic E-state index is -1.68. The van der Waals surface area contributed by atoms with Gasteiger partial charge >= 0.3 is 0 Å². The molecule has 4 atom stereocenters. The van der Waals surface area contributed by atoms with E-state index in [1.54, 1.807) is 0 Å². The Morgan fingerprint density at radius 3 is 2.81 bits per heavy atom. The first kappa shape index (κ1) is 16.8. The van der Waals surface area contributed by atoms with Gasteiger partial charge in [0.1, 0.15) is 5.75 Å². The van der Waals surface area contributed by atoms with Crippen molar-refractivity contribution in [1.82, 2.24) is 0 Å². The Morgan fingerprint density at radius 1 is 1.23 bits per heavy atom. The summed E-state index contributed by atoms with van der Waals surface area (Å²) in [6, 6.07) is 4.19.